The molecule has 1 unspecified atom stereocenters. The summed E-state index contributed by atoms with van der Waals surface area (Å²) in [6, 6.07) is 3.39. The largest absolute Gasteiger partial charge is 0.368 e. The van der Waals surface area contributed by atoms with Crippen LogP contribution in [0.5, 0.6) is 0 Å². The van der Waals surface area contributed by atoms with Gasteiger partial charge in [-0.3, -0.25) is 19.7 Å². The van der Waals surface area contributed by atoms with Gasteiger partial charge >= 0.3 is 0 Å². The molecule has 7 nitrogen and oxygen atoms in total. The minimum absolute atomic E-state index is 0.196. The number of nitro groups is 1. The van der Waals surface area contributed by atoms with Gasteiger partial charge in [0.05, 0.1) is 4.92 Å². The Morgan fingerprint density at radius 3 is 2.67 bits per heavy atom. The van der Waals surface area contributed by atoms with Gasteiger partial charge in [0.15, 0.2) is 0 Å². The fourth-order valence-electron chi connectivity index (χ4n) is 1.41. The molecular formula is C11H13N3O4. The molecule has 96 valence electrons. The summed E-state index contributed by atoms with van der Waals surface area (Å²) in [6.45, 7) is 1.58. The molecule has 0 bridgehead atoms. The second kappa shape index (κ2) is 5.76. The number of carbonyl (C=O) groups excluding carboxylic acids is 2. The van der Waals surface area contributed by atoms with Crippen LogP contribution in [0.1, 0.15) is 17.3 Å². The van der Waals surface area contributed by atoms with Gasteiger partial charge in [-0.2, -0.15) is 0 Å². The van der Waals surface area contributed by atoms with Crippen LogP contribution in [-0.4, -0.2) is 30.2 Å². The summed E-state index contributed by atoms with van der Waals surface area (Å²) < 4.78 is 0. The summed E-state index contributed by atoms with van der Waals surface area (Å²) in [4.78, 5) is 32.1. The first-order valence-corrected chi connectivity index (χ1v) is 5.21. The van der Waals surface area contributed by atoms with Gasteiger partial charge in [-0.05, 0) is 19.1 Å². The zero-order valence-electron chi connectivity index (χ0n) is 9.97. The van der Waals surface area contributed by atoms with Gasteiger partial charge < -0.3 is 10.6 Å². The van der Waals surface area contributed by atoms with E-state index in [0.717, 1.165) is 6.07 Å². The van der Waals surface area contributed by atoms with Crippen LogP contribution in [0.4, 0.5) is 11.4 Å². The zero-order chi connectivity index (χ0) is 13.7. The summed E-state index contributed by atoms with van der Waals surface area (Å²) in [5.41, 5.74) is 0.164. The van der Waals surface area contributed by atoms with Crippen molar-refractivity contribution < 1.29 is 14.5 Å². The van der Waals surface area contributed by atoms with Crippen molar-refractivity contribution in [3.8, 4) is 0 Å². The molecule has 0 saturated carbocycles. The van der Waals surface area contributed by atoms with Gasteiger partial charge in [-0.15, -0.1) is 0 Å². The van der Waals surface area contributed by atoms with Crippen LogP contribution < -0.4 is 10.6 Å². The molecule has 0 saturated heterocycles. The summed E-state index contributed by atoms with van der Waals surface area (Å²) >= 11 is 0. The molecule has 1 aromatic rings. The number of carbonyl (C=O) groups is 2. The standard InChI is InChI=1S/C11H13N3O4/c1-7(11(16)12-2)13-9-4-3-8(6-15)5-10(9)14(17)18/h3-7,13H,1-2H3,(H,12,16). The molecule has 0 heterocycles. The van der Waals surface area contributed by atoms with Crippen LogP contribution in [0.15, 0.2) is 18.2 Å². The monoisotopic (exact) mass is 251 g/mol. The van der Waals surface area contributed by atoms with E-state index in [4.69, 9.17) is 0 Å². The number of likely N-dealkylation sites (N-methyl/N-ethyl adjacent to an activating group) is 1. The topological polar surface area (TPSA) is 101 Å². The highest BCUT2D eigenvalue weighted by Gasteiger charge is 2.18. The normalized spacial score (nSPS) is 11.4. The molecular weight excluding hydrogens is 238 g/mol. The molecule has 0 aliphatic rings. The molecule has 18 heavy (non-hydrogen) atoms. The summed E-state index contributed by atoms with van der Waals surface area (Å²) in [5, 5.41) is 16.0. The Morgan fingerprint density at radius 2 is 2.17 bits per heavy atom. The number of hydrogen-bond donors (Lipinski definition) is 2. The third-order valence-electron chi connectivity index (χ3n) is 2.37. The Bertz CT molecular complexity index is 487. The molecule has 0 aliphatic heterocycles. The Hall–Kier alpha value is -2.44. The van der Waals surface area contributed by atoms with Gasteiger partial charge in [-0.25, -0.2) is 0 Å². The first-order chi connectivity index (χ1) is 8.49. The van der Waals surface area contributed by atoms with Gasteiger partial charge in [0.2, 0.25) is 5.91 Å². The van der Waals surface area contributed by atoms with E-state index in [0.29, 0.717) is 6.29 Å². The molecule has 1 rings (SSSR count). The molecule has 2 N–H and O–H groups in total. The predicted molar refractivity (Wildman–Crippen MR) is 65.6 cm³/mol. The maximum Gasteiger partial charge on any atom is 0.293 e. The number of amides is 1. The van der Waals surface area contributed by atoms with Gasteiger partial charge in [0.1, 0.15) is 18.0 Å². The molecule has 0 radical (unpaired) electrons. The first-order valence-electron chi connectivity index (χ1n) is 5.21. The van der Waals surface area contributed by atoms with Crippen molar-refractivity contribution in [2.75, 3.05) is 12.4 Å². The van der Waals surface area contributed by atoms with E-state index in [2.05, 4.69) is 10.6 Å². The summed E-state index contributed by atoms with van der Waals surface area (Å²) in [5.74, 6) is -0.288. The van der Waals surface area contributed by atoms with E-state index in [9.17, 15) is 19.7 Å². The van der Waals surface area contributed by atoms with Crippen molar-refractivity contribution in [3.05, 3.63) is 33.9 Å². The van der Waals surface area contributed by atoms with E-state index < -0.39 is 11.0 Å². The van der Waals surface area contributed by atoms with Gasteiger partial charge in [0, 0.05) is 18.7 Å². The average molecular weight is 251 g/mol. The Morgan fingerprint density at radius 1 is 1.50 bits per heavy atom. The minimum atomic E-state index is -0.615. The summed E-state index contributed by atoms with van der Waals surface area (Å²) in [7, 11) is 1.48. The van der Waals surface area contributed by atoms with Gasteiger partial charge in [-0.1, -0.05) is 0 Å². The van der Waals surface area contributed by atoms with Crippen molar-refractivity contribution in [1.29, 1.82) is 0 Å². The third kappa shape index (κ3) is 3.03. The Kier molecular flexibility index (Phi) is 4.36. The maximum absolute atomic E-state index is 11.3. The van der Waals surface area contributed by atoms with Crippen LogP contribution in [0.3, 0.4) is 0 Å². The molecule has 1 atom stereocenters. The van der Waals surface area contributed by atoms with E-state index >= 15 is 0 Å². The van der Waals surface area contributed by atoms with Gasteiger partial charge in [0.25, 0.3) is 5.69 Å². The van der Waals surface area contributed by atoms with Crippen LogP contribution in [0.2, 0.25) is 0 Å². The number of anilines is 1. The highest BCUT2D eigenvalue weighted by Crippen LogP contribution is 2.25. The van der Waals surface area contributed by atoms with E-state index in [-0.39, 0.29) is 22.8 Å². The van der Waals surface area contributed by atoms with Crippen LogP contribution in [-0.2, 0) is 4.79 Å². The molecule has 1 amide bonds. The second-order valence-corrected chi connectivity index (χ2v) is 3.63. The number of nitro benzene ring substituents is 1. The molecule has 0 aromatic heterocycles. The SMILES string of the molecule is CNC(=O)C(C)Nc1ccc(C=O)cc1[N+](=O)[O-]. The number of nitrogens with one attached hydrogen (secondary N) is 2. The second-order valence-electron chi connectivity index (χ2n) is 3.63. The number of aldehydes is 1. The number of nitrogens with zero attached hydrogens (tertiary/aromatic N) is 1. The lowest BCUT2D eigenvalue weighted by Gasteiger charge is -2.13. The lowest BCUT2D eigenvalue weighted by molar-refractivity contribution is -0.384. The number of benzene rings is 1. The quantitative estimate of drug-likeness (QED) is 0.461. The van der Waals surface area contributed by atoms with E-state index in [1.807, 2.05) is 0 Å². The van der Waals surface area contributed by atoms with Crippen molar-refractivity contribution in [2.24, 2.45) is 0 Å². The lowest BCUT2D eigenvalue weighted by Crippen LogP contribution is -2.35. The minimum Gasteiger partial charge on any atom is -0.368 e. The molecule has 0 spiro atoms. The Labute approximate surface area is 103 Å². The highest BCUT2D eigenvalue weighted by atomic mass is 16.6. The zero-order valence-corrected chi connectivity index (χ0v) is 9.97. The lowest BCUT2D eigenvalue weighted by atomic mass is 10.1. The predicted octanol–water partition coefficient (Wildman–Crippen LogP) is 0.954. The molecule has 7 heteroatoms. The van der Waals surface area contributed by atoms with E-state index in [1.54, 1.807) is 6.92 Å². The molecule has 0 aliphatic carbocycles. The first kappa shape index (κ1) is 13.6. The van der Waals surface area contributed by atoms with Crippen LogP contribution >= 0.6 is 0 Å². The molecule has 1 aromatic carbocycles. The smallest absolute Gasteiger partial charge is 0.293 e. The van der Waals surface area contributed by atoms with Crippen LogP contribution in [0.25, 0.3) is 0 Å². The van der Waals surface area contributed by atoms with Crippen molar-refractivity contribution in [2.45, 2.75) is 13.0 Å². The fraction of sp³-hybridized carbons (Fsp3) is 0.273. The Balaban J connectivity index is 3.05. The van der Waals surface area contributed by atoms with Crippen LogP contribution in [0, 0.1) is 10.1 Å². The fourth-order valence-corrected chi connectivity index (χ4v) is 1.41. The maximum atomic E-state index is 11.3. The summed E-state index contributed by atoms with van der Waals surface area (Å²) in [6.07, 6.45) is 0.527. The number of hydrogen-bond acceptors (Lipinski definition) is 5. The van der Waals surface area contributed by atoms with Crippen molar-refractivity contribution in [1.82, 2.24) is 5.32 Å². The highest BCUT2D eigenvalue weighted by molar-refractivity contribution is 5.85. The number of rotatable bonds is 5. The average Bonchev–Trinajstić information content (AvgIpc) is 2.37. The molecule has 0 fully saturated rings. The van der Waals surface area contributed by atoms with E-state index in [1.165, 1.54) is 19.2 Å². The van der Waals surface area contributed by atoms with Crippen molar-refractivity contribution >= 4 is 23.6 Å². The third-order valence-corrected chi connectivity index (χ3v) is 2.37. The van der Waals surface area contributed by atoms with Crippen molar-refractivity contribution in [3.63, 3.8) is 0 Å².